The number of hydrogen-bond donors (Lipinski definition) is 1. The first kappa shape index (κ1) is 8.73. The third-order valence-electron chi connectivity index (χ3n) is 2.80. The molecule has 0 aliphatic carbocycles. The number of aryl methyl sites for hydroxylation is 1. The van der Waals surface area contributed by atoms with Gasteiger partial charge in [-0.3, -0.25) is 0 Å². The fraction of sp³-hybridized carbons (Fsp3) is 0.455. The average Bonchev–Trinajstić information content (AvgIpc) is 2.12. The van der Waals surface area contributed by atoms with Gasteiger partial charge in [-0.25, -0.2) is 0 Å². The molecule has 0 spiro atoms. The Bertz CT molecular complexity index is 333. The summed E-state index contributed by atoms with van der Waals surface area (Å²) in [6.07, 6.45) is 0. The lowest BCUT2D eigenvalue weighted by Gasteiger charge is -2.25. The van der Waals surface area contributed by atoms with Gasteiger partial charge in [0.2, 0.25) is 0 Å². The summed E-state index contributed by atoms with van der Waals surface area (Å²) in [4.78, 5) is 0. The highest BCUT2D eigenvalue weighted by Gasteiger charge is 2.19. The van der Waals surface area contributed by atoms with Crippen LogP contribution in [0.15, 0.2) is 12.1 Å². The van der Waals surface area contributed by atoms with Gasteiger partial charge < -0.3 is 10.5 Å². The first-order valence-electron chi connectivity index (χ1n) is 4.62. The van der Waals surface area contributed by atoms with E-state index in [1.165, 1.54) is 22.3 Å². The van der Waals surface area contributed by atoms with E-state index in [-0.39, 0.29) is 6.04 Å². The summed E-state index contributed by atoms with van der Waals surface area (Å²) in [5, 5.41) is 0. The fourth-order valence-corrected chi connectivity index (χ4v) is 1.91. The molecule has 70 valence electrons. The second-order valence-electron chi connectivity index (χ2n) is 3.70. The molecule has 13 heavy (non-hydrogen) atoms. The minimum absolute atomic E-state index is 0.0589. The molecule has 0 aromatic heterocycles. The van der Waals surface area contributed by atoms with Crippen LogP contribution in [-0.2, 0) is 11.3 Å². The van der Waals surface area contributed by atoms with Gasteiger partial charge in [0, 0.05) is 0 Å². The summed E-state index contributed by atoms with van der Waals surface area (Å²) >= 11 is 0. The highest BCUT2D eigenvalue weighted by molar-refractivity contribution is 5.42. The van der Waals surface area contributed by atoms with Crippen LogP contribution < -0.4 is 5.73 Å². The summed E-state index contributed by atoms with van der Waals surface area (Å²) in [5.74, 6) is 0. The van der Waals surface area contributed by atoms with E-state index >= 15 is 0 Å². The van der Waals surface area contributed by atoms with Crippen molar-refractivity contribution in [3.63, 3.8) is 0 Å². The van der Waals surface area contributed by atoms with Gasteiger partial charge in [0.15, 0.2) is 0 Å². The Labute approximate surface area is 78.7 Å². The van der Waals surface area contributed by atoms with E-state index in [4.69, 9.17) is 10.5 Å². The molecule has 2 nitrogen and oxygen atoms in total. The third kappa shape index (κ3) is 1.36. The number of ether oxygens (including phenoxy) is 1. The average molecular weight is 177 g/mol. The van der Waals surface area contributed by atoms with Crippen LogP contribution in [0.3, 0.4) is 0 Å². The number of benzene rings is 1. The quantitative estimate of drug-likeness (QED) is 0.656. The second kappa shape index (κ2) is 3.13. The summed E-state index contributed by atoms with van der Waals surface area (Å²) in [5.41, 5.74) is 11.2. The van der Waals surface area contributed by atoms with Gasteiger partial charge in [0.25, 0.3) is 0 Å². The zero-order valence-corrected chi connectivity index (χ0v) is 8.13. The van der Waals surface area contributed by atoms with E-state index in [1.807, 2.05) is 0 Å². The van der Waals surface area contributed by atoms with Crippen LogP contribution in [0.1, 0.15) is 28.3 Å². The lowest BCUT2D eigenvalue weighted by molar-refractivity contribution is 0.0921. The molecule has 2 heteroatoms. The molecular formula is C11H15NO. The molecule has 2 rings (SSSR count). The SMILES string of the molecule is Cc1ccc2c(c1C)[C@H](N)COC2. The van der Waals surface area contributed by atoms with E-state index in [9.17, 15) is 0 Å². The Balaban J connectivity index is 2.58. The Morgan fingerprint density at radius 2 is 2.15 bits per heavy atom. The highest BCUT2D eigenvalue weighted by atomic mass is 16.5. The largest absolute Gasteiger partial charge is 0.375 e. The molecule has 1 atom stereocenters. The van der Waals surface area contributed by atoms with Crippen molar-refractivity contribution < 1.29 is 4.74 Å². The normalized spacial score (nSPS) is 21.3. The molecule has 0 bridgehead atoms. The molecule has 0 saturated heterocycles. The summed E-state index contributed by atoms with van der Waals surface area (Å²) in [6, 6.07) is 4.32. The van der Waals surface area contributed by atoms with Crippen molar-refractivity contribution >= 4 is 0 Å². The maximum absolute atomic E-state index is 5.99. The second-order valence-corrected chi connectivity index (χ2v) is 3.70. The molecule has 1 aliphatic heterocycles. The van der Waals surface area contributed by atoms with Gasteiger partial charge in [0.1, 0.15) is 0 Å². The Hall–Kier alpha value is -0.860. The fourth-order valence-electron chi connectivity index (χ4n) is 1.91. The Morgan fingerprint density at radius 3 is 2.92 bits per heavy atom. The number of fused-ring (bicyclic) bond motifs is 1. The van der Waals surface area contributed by atoms with E-state index in [0.717, 1.165) is 0 Å². The molecule has 2 N–H and O–H groups in total. The van der Waals surface area contributed by atoms with Crippen LogP contribution in [0.25, 0.3) is 0 Å². The van der Waals surface area contributed by atoms with Crippen molar-refractivity contribution in [2.75, 3.05) is 6.61 Å². The molecule has 1 aliphatic rings. The van der Waals surface area contributed by atoms with Gasteiger partial charge in [-0.2, -0.15) is 0 Å². The van der Waals surface area contributed by atoms with Crippen molar-refractivity contribution in [1.29, 1.82) is 0 Å². The standard InChI is InChI=1S/C11H15NO/c1-7-3-4-9-5-13-6-10(12)11(9)8(7)2/h3-4,10H,5-6,12H2,1-2H3/t10-/m1/s1. The predicted molar refractivity (Wildman–Crippen MR) is 52.5 cm³/mol. The maximum atomic E-state index is 5.99. The lowest BCUT2D eigenvalue weighted by Crippen LogP contribution is -2.24. The smallest absolute Gasteiger partial charge is 0.0721 e. The van der Waals surface area contributed by atoms with E-state index in [1.54, 1.807) is 0 Å². The summed E-state index contributed by atoms with van der Waals surface area (Å²) in [7, 11) is 0. The lowest BCUT2D eigenvalue weighted by atomic mass is 9.92. The van der Waals surface area contributed by atoms with Crippen LogP contribution in [0.4, 0.5) is 0 Å². The van der Waals surface area contributed by atoms with E-state index in [2.05, 4.69) is 26.0 Å². The van der Waals surface area contributed by atoms with Crippen molar-refractivity contribution in [1.82, 2.24) is 0 Å². The molecule has 0 fully saturated rings. The molecule has 0 unspecified atom stereocenters. The van der Waals surface area contributed by atoms with Crippen molar-refractivity contribution in [3.8, 4) is 0 Å². The molecule has 1 aromatic rings. The minimum atomic E-state index is 0.0589. The topological polar surface area (TPSA) is 35.2 Å². The van der Waals surface area contributed by atoms with Crippen LogP contribution in [0, 0.1) is 13.8 Å². The monoisotopic (exact) mass is 177 g/mol. The number of nitrogens with two attached hydrogens (primary N) is 1. The van der Waals surface area contributed by atoms with Crippen molar-refractivity contribution in [2.45, 2.75) is 26.5 Å². The van der Waals surface area contributed by atoms with Gasteiger partial charge in [-0.1, -0.05) is 12.1 Å². The molecule has 0 radical (unpaired) electrons. The predicted octanol–water partition coefficient (Wildman–Crippen LogP) is 1.83. The summed E-state index contributed by atoms with van der Waals surface area (Å²) in [6.45, 7) is 5.62. The summed E-state index contributed by atoms with van der Waals surface area (Å²) < 4.78 is 5.38. The van der Waals surface area contributed by atoms with Gasteiger partial charge in [-0.15, -0.1) is 0 Å². The molecule has 1 aromatic carbocycles. The van der Waals surface area contributed by atoms with Crippen LogP contribution in [0.2, 0.25) is 0 Å². The van der Waals surface area contributed by atoms with Crippen molar-refractivity contribution in [3.05, 3.63) is 34.4 Å². The van der Waals surface area contributed by atoms with Gasteiger partial charge >= 0.3 is 0 Å². The molecule has 0 amide bonds. The minimum Gasteiger partial charge on any atom is -0.375 e. The Morgan fingerprint density at radius 1 is 1.38 bits per heavy atom. The molecular weight excluding hydrogens is 162 g/mol. The van der Waals surface area contributed by atoms with E-state index < -0.39 is 0 Å². The zero-order valence-electron chi connectivity index (χ0n) is 8.13. The first-order valence-corrected chi connectivity index (χ1v) is 4.62. The highest BCUT2D eigenvalue weighted by Crippen LogP contribution is 2.27. The third-order valence-corrected chi connectivity index (χ3v) is 2.80. The van der Waals surface area contributed by atoms with Gasteiger partial charge in [-0.05, 0) is 36.1 Å². The number of hydrogen-bond acceptors (Lipinski definition) is 2. The molecule has 0 saturated carbocycles. The van der Waals surface area contributed by atoms with Crippen molar-refractivity contribution in [2.24, 2.45) is 5.73 Å². The zero-order chi connectivity index (χ0) is 9.42. The number of rotatable bonds is 0. The van der Waals surface area contributed by atoms with Crippen LogP contribution >= 0.6 is 0 Å². The van der Waals surface area contributed by atoms with E-state index in [0.29, 0.717) is 13.2 Å². The van der Waals surface area contributed by atoms with Gasteiger partial charge in [0.05, 0.1) is 19.3 Å². The maximum Gasteiger partial charge on any atom is 0.0721 e. The first-order chi connectivity index (χ1) is 6.20. The Kier molecular flexibility index (Phi) is 2.10. The van der Waals surface area contributed by atoms with Crippen LogP contribution in [-0.4, -0.2) is 6.61 Å². The molecule has 1 heterocycles. The van der Waals surface area contributed by atoms with Crippen LogP contribution in [0.5, 0.6) is 0 Å².